The molecule has 0 radical (unpaired) electrons. The lowest BCUT2D eigenvalue weighted by Crippen LogP contribution is -2.41. The van der Waals surface area contributed by atoms with E-state index in [9.17, 15) is 19.9 Å². The van der Waals surface area contributed by atoms with Crippen LogP contribution in [-0.4, -0.2) is 32.0 Å². The number of fused-ring (bicyclic) bond motifs is 1. The van der Waals surface area contributed by atoms with Gasteiger partial charge in [-0.3, -0.25) is 4.79 Å². The van der Waals surface area contributed by atoms with Crippen LogP contribution in [0.15, 0.2) is 71.8 Å². The zero-order valence-electron chi connectivity index (χ0n) is 17.1. The number of hydrogen-bond acceptors (Lipinski definition) is 5. The number of aromatic hydroxyl groups is 1. The molecule has 4 rings (SSSR count). The molecule has 0 fully saturated rings. The van der Waals surface area contributed by atoms with Crippen molar-refractivity contribution in [1.82, 2.24) is 14.4 Å². The monoisotopic (exact) mass is 450 g/mol. The Bertz CT molecular complexity index is 1370. The normalized spacial score (nSPS) is 11.0. The van der Waals surface area contributed by atoms with Crippen molar-refractivity contribution in [3.8, 4) is 17.0 Å². The minimum Gasteiger partial charge on any atom is -0.756 e. The number of pyridine rings is 2. The number of rotatable bonds is 5. The number of halogens is 1. The van der Waals surface area contributed by atoms with Gasteiger partial charge in [0.15, 0.2) is 5.56 Å². The van der Waals surface area contributed by atoms with Crippen molar-refractivity contribution in [3.63, 3.8) is 0 Å². The van der Waals surface area contributed by atoms with E-state index in [-0.39, 0.29) is 30.1 Å². The molecule has 1 amide bonds. The van der Waals surface area contributed by atoms with Gasteiger partial charge in [-0.05, 0) is 36.8 Å². The molecule has 0 spiro atoms. The third-order valence-electron chi connectivity index (χ3n) is 5.07. The molecule has 162 valence electrons. The number of carbonyl (C=O) groups excluding carboxylic acids is 1. The van der Waals surface area contributed by atoms with E-state index >= 15 is 0 Å². The second-order valence-corrected chi connectivity index (χ2v) is 7.48. The molecule has 1 N–H and O–H groups in total. The zero-order valence-corrected chi connectivity index (χ0v) is 17.9. The van der Waals surface area contributed by atoms with Gasteiger partial charge in [-0.25, -0.2) is 9.78 Å². The minimum atomic E-state index is -0.713. The molecule has 0 saturated heterocycles. The summed E-state index contributed by atoms with van der Waals surface area (Å²) in [5.74, 6) is -0.981. The Kier molecular flexibility index (Phi) is 5.89. The number of hydrogen-bond donors (Lipinski definition) is 1. The number of benzene rings is 1. The summed E-state index contributed by atoms with van der Waals surface area (Å²) in [4.78, 5) is 29.7. The lowest BCUT2D eigenvalue weighted by atomic mass is 10.0. The number of aromatic nitrogens is 3. The number of carbonyl (C=O) groups is 1. The van der Waals surface area contributed by atoms with Crippen LogP contribution in [0.5, 0.6) is 5.88 Å². The van der Waals surface area contributed by atoms with Crippen molar-refractivity contribution < 1.29 is 14.5 Å². The molecule has 3 aromatic heterocycles. The van der Waals surface area contributed by atoms with E-state index in [0.29, 0.717) is 21.4 Å². The van der Waals surface area contributed by atoms with Gasteiger partial charge in [0.1, 0.15) is 11.7 Å². The Morgan fingerprint density at radius 3 is 2.75 bits per heavy atom. The Balaban J connectivity index is 1.92. The van der Waals surface area contributed by atoms with Crippen LogP contribution in [0, 0.1) is 5.21 Å². The molecule has 8 nitrogen and oxygen atoms in total. The molecular formula is C23H19ClN4O4. The molecule has 32 heavy (non-hydrogen) atoms. The van der Waals surface area contributed by atoms with Crippen molar-refractivity contribution in [2.75, 3.05) is 6.54 Å². The molecule has 0 aliphatic heterocycles. The summed E-state index contributed by atoms with van der Waals surface area (Å²) in [5.41, 5.74) is 1.24. The van der Waals surface area contributed by atoms with Crippen LogP contribution in [0.3, 0.4) is 0 Å². The van der Waals surface area contributed by atoms with E-state index in [4.69, 9.17) is 11.6 Å². The summed E-state index contributed by atoms with van der Waals surface area (Å²) in [7, 11) is 0. The second kappa shape index (κ2) is 8.78. The Hall–Kier alpha value is -3.75. The summed E-state index contributed by atoms with van der Waals surface area (Å²) in [5, 5.41) is 23.6. The fourth-order valence-corrected chi connectivity index (χ4v) is 3.58. The first-order chi connectivity index (χ1) is 15.4. The molecule has 0 unspecified atom stereocenters. The molecule has 3 heterocycles. The fraction of sp³-hybridized carbons (Fsp3) is 0.130. The van der Waals surface area contributed by atoms with Crippen LogP contribution in [-0.2, 0) is 6.54 Å². The molecular weight excluding hydrogens is 432 g/mol. The first-order valence-corrected chi connectivity index (χ1v) is 10.2. The summed E-state index contributed by atoms with van der Waals surface area (Å²) in [6, 6.07) is 14.7. The predicted molar refractivity (Wildman–Crippen MR) is 119 cm³/mol. The fourth-order valence-electron chi connectivity index (χ4n) is 3.47. The van der Waals surface area contributed by atoms with Gasteiger partial charge in [-0.1, -0.05) is 35.9 Å². The number of nitrogens with zero attached hydrogens (tertiary/aromatic N) is 4. The van der Waals surface area contributed by atoms with Crippen molar-refractivity contribution in [3.05, 3.63) is 98.8 Å². The highest BCUT2D eigenvalue weighted by Crippen LogP contribution is 2.25. The molecule has 0 aliphatic carbocycles. The smallest absolute Gasteiger partial charge is 0.354 e. The molecule has 4 aromatic rings. The van der Waals surface area contributed by atoms with Gasteiger partial charge in [0.05, 0.1) is 6.20 Å². The van der Waals surface area contributed by atoms with Crippen LogP contribution < -0.4 is 10.1 Å². The summed E-state index contributed by atoms with van der Waals surface area (Å²) >= 11 is 5.87. The van der Waals surface area contributed by atoms with E-state index in [1.807, 2.05) is 0 Å². The SMILES string of the molecule is CCN([O-])C(=O)c1cccc(-c2c(O)[n+](Cc3ccc(Cl)nc3)c3ccccn3c2=O)c1. The van der Waals surface area contributed by atoms with E-state index in [1.165, 1.54) is 16.5 Å². The van der Waals surface area contributed by atoms with Gasteiger partial charge < -0.3 is 15.4 Å². The van der Waals surface area contributed by atoms with Crippen LogP contribution in [0.1, 0.15) is 22.8 Å². The highest BCUT2D eigenvalue weighted by molar-refractivity contribution is 6.29. The zero-order chi connectivity index (χ0) is 22.8. The van der Waals surface area contributed by atoms with Crippen LogP contribution >= 0.6 is 11.6 Å². The van der Waals surface area contributed by atoms with E-state index < -0.39 is 11.5 Å². The third-order valence-corrected chi connectivity index (χ3v) is 5.29. The number of amides is 1. The quantitative estimate of drug-likeness (QED) is 0.286. The molecule has 0 bridgehead atoms. The van der Waals surface area contributed by atoms with Crippen molar-refractivity contribution in [1.29, 1.82) is 0 Å². The molecule has 0 aliphatic rings. The van der Waals surface area contributed by atoms with Gasteiger partial charge in [0.2, 0.25) is 5.91 Å². The lowest BCUT2D eigenvalue weighted by Gasteiger charge is -2.26. The van der Waals surface area contributed by atoms with Gasteiger partial charge in [-0.15, -0.1) is 0 Å². The Morgan fingerprint density at radius 1 is 1.22 bits per heavy atom. The van der Waals surface area contributed by atoms with Gasteiger partial charge in [0, 0.05) is 29.9 Å². The third kappa shape index (κ3) is 3.93. The highest BCUT2D eigenvalue weighted by atomic mass is 35.5. The lowest BCUT2D eigenvalue weighted by molar-refractivity contribution is -0.671. The molecule has 0 atom stereocenters. The maximum atomic E-state index is 13.3. The maximum Gasteiger partial charge on any atom is 0.354 e. The van der Waals surface area contributed by atoms with Gasteiger partial charge >= 0.3 is 5.56 Å². The van der Waals surface area contributed by atoms with Crippen LogP contribution in [0.4, 0.5) is 0 Å². The molecule has 0 saturated carbocycles. The first kappa shape index (κ1) is 21.5. The maximum absolute atomic E-state index is 13.3. The predicted octanol–water partition coefficient (Wildman–Crippen LogP) is 3.02. The van der Waals surface area contributed by atoms with Crippen molar-refractivity contribution in [2.45, 2.75) is 13.5 Å². The van der Waals surface area contributed by atoms with Crippen LogP contribution in [0.25, 0.3) is 16.8 Å². The van der Waals surface area contributed by atoms with E-state index in [2.05, 4.69) is 4.98 Å². The summed E-state index contributed by atoms with van der Waals surface area (Å²) in [6.07, 6.45) is 3.19. The average molecular weight is 451 g/mol. The highest BCUT2D eigenvalue weighted by Gasteiger charge is 2.25. The summed E-state index contributed by atoms with van der Waals surface area (Å²) < 4.78 is 2.99. The van der Waals surface area contributed by atoms with E-state index in [0.717, 1.165) is 5.56 Å². The average Bonchev–Trinajstić information content (AvgIpc) is 2.82. The van der Waals surface area contributed by atoms with Gasteiger partial charge in [0.25, 0.3) is 11.5 Å². The second-order valence-electron chi connectivity index (χ2n) is 7.09. The standard InChI is InChI=1S/C23H19ClN4O4/c1-2-28(32)21(29)17-7-5-6-16(12-17)20-22(30)26-11-4-3-8-19(26)27(23(20)31)14-15-9-10-18(24)25-13-15/h3-13,31H,2,14H2,1H3. The Labute approximate surface area is 188 Å². The van der Waals surface area contributed by atoms with Crippen molar-refractivity contribution in [2.24, 2.45) is 0 Å². The van der Waals surface area contributed by atoms with Crippen molar-refractivity contribution >= 4 is 23.2 Å². The van der Waals surface area contributed by atoms with E-state index in [1.54, 1.807) is 66.3 Å². The topological polar surface area (TPSA) is 102 Å². The Morgan fingerprint density at radius 2 is 2.03 bits per heavy atom. The summed E-state index contributed by atoms with van der Waals surface area (Å²) in [6.45, 7) is 1.80. The molecule has 1 aromatic carbocycles. The largest absolute Gasteiger partial charge is 0.756 e. The first-order valence-electron chi connectivity index (χ1n) is 9.86. The van der Waals surface area contributed by atoms with Gasteiger partial charge in [-0.2, -0.15) is 8.97 Å². The number of hydroxylamine groups is 2. The van der Waals surface area contributed by atoms with Crippen LogP contribution in [0.2, 0.25) is 5.15 Å². The molecule has 9 heteroatoms. The minimum absolute atomic E-state index is 0.00205.